The number of methoxy groups -OCH3 is 1. The first-order valence-electron chi connectivity index (χ1n) is 8.19. The number of benzene rings is 2. The van der Waals surface area contributed by atoms with E-state index in [-0.39, 0.29) is 5.78 Å². The Morgan fingerprint density at radius 1 is 1.26 bits per heavy atom. The molecular weight excluding hydrogens is 358 g/mol. The van der Waals surface area contributed by atoms with Gasteiger partial charge in [0.05, 0.1) is 12.8 Å². The Labute approximate surface area is 161 Å². The molecule has 0 spiro atoms. The number of carbonyl (C=O) groups is 1. The van der Waals surface area contributed by atoms with Crippen LogP contribution in [0, 0.1) is 11.3 Å². The van der Waals surface area contributed by atoms with Crippen molar-refractivity contribution in [1.29, 1.82) is 5.26 Å². The lowest BCUT2D eigenvalue weighted by atomic mass is 10.1. The minimum Gasteiger partial charge on any atom is -0.497 e. The van der Waals surface area contributed by atoms with E-state index in [9.17, 15) is 10.1 Å². The number of hydrogen-bond acceptors (Lipinski definition) is 6. The molecule has 0 saturated carbocycles. The minimum absolute atomic E-state index is 0.00723. The highest BCUT2D eigenvalue weighted by Gasteiger charge is 2.09. The summed E-state index contributed by atoms with van der Waals surface area (Å²) in [6.07, 6.45) is 1.61. The molecule has 2 aromatic carbocycles. The van der Waals surface area contributed by atoms with Gasteiger partial charge in [-0.25, -0.2) is 4.98 Å². The second-order valence-corrected chi connectivity index (χ2v) is 6.58. The number of allylic oxidation sites excluding steroid dienone is 1. The average Bonchev–Trinajstić information content (AvgIpc) is 3.19. The van der Waals surface area contributed by atoms with Gasteiger partial charge in [0.1, 0.15) is 22.4 Å². The molecule has 0 aliphatic carbocycles. The zero-order valence-corrected chi connectivity index (χ0v) is 15.7. The maximum atomic E-state index is 11.5. The van der Waals surface area contributed by atoms with Crippen LogP contribution in [-0.2, 0) is 0 Å². The summed E-state index contributed by atoms with van der Waals surface area (Å²) in [7, 11) is 1.62. The van der Waals surface area contributed by atoms with Crippen LogP contribution in [-0.4, -0.2) is 17.9 Å². The van der Waals surface area contributed by atoms with Gasteiger partial charge in [-0.2, -0.15) is 5.26 Å². The number of ether oxygens (including phenoxy) is 1. The lowest BCUT2D eigenvalue weighted by Crippen LogP contribution is -1.95. The van der Waals surface area contributed by atoms with Gasteiger partial charge in [-0.15, -0.1) is 11.3 Å². The molecule has 0 atom stereocenters. The highest BCUT2D eigenvalue weighted by atomic mass is 32.1. The van der Waals surface area contributed by atoms with Gasteiger partial charge >= 0.3 is 0 Å². The number of Topliss-reactive ketones (excluding diaryl/α,β-unsaturated/α-hetero) is 1. The van der Waals surface area contributed by atoms with Crippen LogP contribution in [0.1, 0.15) is 22.3 Å². The fraction of sp³-hybridized carbons (Fsp3) is 0.0952. The van der Waals surface area contributed by atoms with Gasteiger partial charge in [-0.3, -0.25) is 4.79 Å². The van der Waals surface area contributed by atoms with Crippen molar-refractivity contribution in [3.63, 3.8) is 0 Å². The Balaban J connectivity index is 1.80. The van der Waals surface area contributed by atoms with Crippen LogP contribution in [0.5, 0.6) is 5.75 Å². The number of hydrogen-bond donors (Lipinski definition) is 1. The number of nitrogens with zero attached hydrogens (tertiary/aromatic N) is 2. The Kier molecular flexibility index (Phi) is 5.64. The normalized spacial score (nSPS) is 10.9. The molecule has 0 unspecified atom stereocenters. The number of nitriles is 1. The standard InChI is InChI=1S/C21H17N3O2S/c1-14(25)16-4-3-5-18(10-16)23-12-17(11-22)21-24-20(13-27-21)15-6-8-19(26-2)9-7-15/h3-10,12-13,23H,1-2H3. The van der Waals surface area contributed by atoms with Crippen LogP contribution in [0.25, 0.3) is 16.8 Å². The first-order chi connectivity index (χ1) is 13.1. The van der Waals surface area contributed by atoms with Gasteiger partial charge in [0.15, 0.2) is 5.78 Å². The molecule has 0 aliphatic rings. The van der Waals surface area contributed by atoms with Crippen LogP contribution < -0.4 is 10.1 Å². The molecule has 0 amide bonds. The van der Waals surface area contributed by atoms with Crippen LogP contribution in [0.2, 0.25) is 0 Å². The number of anilines is 1. The van der Waals surface area contributed by atoms with Crippen molar-refractivity contribution < 1.29 is 9.53 Å². The third-order valence-electron chi connectivity index (χ3n) is 3.89. The van der Waals surface area contributed by atoms with E-state index in [2.05, 4.69) is 16.4 Å². The van der Waals surface area contributed by atoms with Gasteiger partial charge in [0.25, 0.3) is 0 Å². The number of carbonyl (C=O) groups excluding carboxylic acids is 1. The summed E-state index contributed by atoms with van der Waals surface area (Å²) in [6.45, 7) is 1.52. The number of nitrogens with one attached hydrogen (secondary N) is 1. The van der Waals surface area contributed by atoms with E-state index in [1.807, 2.05) is 35.7 Å². The first kappa shape index (κ1) is 18.4. The average molecular weight is 375 g/mol. The molecule has 0 fully saturated rings. The van der Waals surface area contributed by atoms with E-state index in [0.717, 1.165) is 22.7 Å². The molecule has 3 aromatic rings. The summed E-state index contributed by atoms with van der Waals surface area (Å²) in [5, 5.41) is 15.1. The van der Waals surface area contributed by atoms with Crippen LogP contribution in [0.4, 0.5) is 5.69 Å². The summed E-state index contributed by atoms with van der Waals surface area (Å²) < 4.78 is 5.16. The van der Waals surface area contributed by atoms with Crippen LogP contribution in [0.3, 0.4) is 0 Å². The zero-order valence-electron chi connectivity index (χ0n) is 14.9. The predicted molar refractivity (Wildman–Crippen MR) is 108 cm³/mol. The second-order valence-electron chi connectivity index (χ2n) is 5.72. The molecule has 0 saturated heterocycles. The van der Waals surface area contributed by atoms with Crippen molar-refractivity contribution >= 4 is 28.4 Å². The lowest BCUT2D eigenvalue weighted by molar-refractivity contribution is 0.101. The van der Waals surface area contributed by atoms with E-state index in [1.54, 1.807) is 31.5 Å². The molecule has 27 heavy (non-hydrogen) atoms. The van der Waals surface area contributed by atoms with Gasteiger partial charge < -0.3 is 10.1 Å². The van der Waals surface area contributed by atoms with Gasteiger partial charge in [-0.05, 0) is 43.3 Å². The van der Waals surface area contributed by atoms with Crippen molar-refractivity contribution in [2.24, 2.45) is 0 Å². The monoisotopic (exact) mass is 375 g/mol. The van der Waals surface area contributed by atoms with Crippen molar-refractivity contribution in [3.8, 4) is 23.1 Å². The number of rotatable bonds is 6. The molecule has 5 nitrogen and oxygen atoms in total. The van der Waals surface area contributed by atoms with Crippen molar-refractivity contribution in [2.75, 3.05) is 12.4 Å². The smallest absolute Gasteiger partial charge is 0.159 e. The van der Waals surface area contributed by atoms with E-state index in [4.69, 9.17) is 4.74 Å². The lowest BCUT2D eigenvalue weighted by Gasteiger charge is -2.03. The zero-order chi connectivity index (χ0) is 19.2. The highest BCUT2D eigenvalue weighted by Crippen LogP contribution is 2.27. The topological polar surface area (TPSA) is 75.0 Å². The Morgan fingerprint density at radius 2 is 2.04 bits per heavy atom. The fourth-order valence-electron chi connectivity index (χ4n) is 2.42. The second kappa shape index (κ2) is 8.30. The van der Waals surface area contributed by atoms with E-state index in [0.29, 0.717) is 16.1 Å². The molecule has 6 heteroatoms. The molecule has 0 aliphatic heterocycles. The Morgan fingerprint density at radius 3 is 2.70 bits per heavy atom. The molecule has 1 heterocycles. The Bertz CT molecular complexity index is 1030. The number of ketones is 1. The summed E-state index contributed by atoms with van der Waals surface area (Å²) in [4.78, 5) is 16.0. The van der Waals surface area contributed by atoms with E-state index < -0.39 is 0 Å². The number of thiazole rings is 1. The minimum atomic E-state index is -0.00723. The van der Waals surface area contributed by atoms with Crippen molar-refractivity contribution in [1.82, 2.24) is 4.98 Å². The molecule has 3 rings (SSSR count). The summed E-state index contributed by atoms with van der Waals surface area (Å²) >= 11 is 1.40. The summed E-state index contributed by atoms with van der Waals surface area (Å²) in [6, 6.07) is 16.9. The molecule has 0 bridgehead atoms. The largest absolute Gasteiger partial charge is 0.497 e. The maximum absolute atomic E-state index is 11.5. The van der Waals surface area contributed by atoms with Crippen molar-refractivity contribution in [2.45, 2.75) is 6.92 Å². The van der Waals surface area contributed by atoms with Gasteiger partial charge in [-0.1, -0.05) is 12.1 Å². The summed E-state index contributed by atoms with van der Waals surface area (Å²) in [5.41, 5.74) is 3.54. The SMILES string of the molecule is COc1ccc(-c2csc(C(C#N)=CNc3cccc(C(C)=O)c3)n2)cc1. The summed E-state index contributed by atoms with van der Waals surface area (Å²) in [5.74, 6) is 0.774. The molecule has 1 N–H and O–H groups in total. The van der Waals surface area contributed by atoms with Crippen LogP contribution in [0.15, 0.2) is 60.1 Å². The third kappa shape index (κ3) is 4.40. The van der Waals surface area contributed by atoms with Crippen LogP contribution >= 0.6 is 11.3 Å². The van der Waals surface area contributed by atoms with Gasteiger partial charge in [0.2, 0.25) is 0 Å². The van der Waals surface area contributed by atoms with Crippen molar-refractivity contribution in [3.05, 3.63) is 70.7 Å². The quantitative estimate of drug-likeness (QED) is 0.485. The fourth-order valence-corrected chi connectivity index (χ4v) is 3.21. The molecule has 1 aromatic heterocycles. The first-order valence-corrected chi connectivity index (χ1v) is 9.07. The Hall–Kier alpha value is -3.43. The maximum Gasteiger partial charge on any atom is 0.159 e. The third-order valence-corrected chi connectivity index (χ3v) is 4.77. The van der Waals surface area contributed by atoms with E-state index >= 15 is 0 Å². The van der Waals surface area contributed by atoms with Gasteiger partial charge in [0, 0.05) is 28.4 Å². The molecule has 0 radical (unpaired) electrons. The predicted octanol–water partition coefficient (Wildman–Crippen LogP) is 5.00. The van der Waals surface area contributed by atoms with E-state index in [1.165, 1.54) is 18.3 Å². The molecule has 134 valence electrons. The number of aromatic nitrogens is 1. The highest BCUT2D eigenvalue weighted by molar-refractivity contribution is 7.11. The molecular formula is C21H17N3O2S.